The Balaban J connectivity index is 0.000000281. The maximum Gasteiger partial charge on any atom is 0.131 e. The van der Waals surface area contributed by atoms with Crippen LogP contribution in [0.15, 0.2) is 18.5 Å². The third kappa shape index (κ3) is 2.26. The highest BCUT2D eigenvalue weighted by atomic mass is 19.1. The van der Waals surface area contributed by atoms with Gasteiger partial charge in [0.05, 0.1) is 7.18 Å². The Bertz CT molecular complexity index is 197. The van der Waals surface area contributed by atoms with Crippen molar-refractivity contribution in [3.8, 4) is 0 Å². The minimum absolute atomic E-state index is 0.500. The van der Waals surface area contributed by atoms with Gasteiger partial charge in [-0.1, -0.05) is 0 Å². The van der Waals surface area contributed by atoms with Crippen LogP contribution in [0.5, 0.6) is 0 Å². The fourth-order valence-corrected chi connectivity index (χ4v) is 0.863. The topological polar surface area (TPSA) is 25.8 Å². The number of aromatic nitrogens is 2. The lowest BCUT2D eigenvalue weighted by Gasteiger charge is -1.90. The van der Waals surface area contributed by atoms with Crippen LogP contribution < -0.4 is 0 Å². The molecule has 1 fully saturated rings. The largest absolute Gasteiger partial charge is 0.255 e. The van der Waals surface area contributed by atoms with Crippen molar-refractivity contribution in [1.29, 1.82) is 0 Å². The Hall–Kier alpha value is -0.990. The third-order valence-corrected chi connectivity index (χ3v) is 1.53. The Morgan fingerprint density at radius 2 is 1.82 bits per heavy atom. The zero-order valence-corrected chi connectivity index (χ0v) is 6.50. The molecule has 2 rings (SSSR count). The van der Waals surface area contributed by atoms with Crippen LogP contribution in [-0.2, 0) is 0 Å². The number of halogens is 1. The summed E-state index contributed by atoms with van der Waals surface area (Å²) in [5, 5.41) is 0. The molecule has 1 aromatic heterocycles. The smallest absolute Gasteiger partial charge is 0.131 e. The van der Waals surface area contributed by atoms with Gasteiger partial charge in [-0.3, -0.25) is 4.39 Å². The molecule has 0 aromatic carbocycles. The average Bonchev–Trinajstić information content (AvgIpc) is 2.92. The number of hydrogen-bond acceptors (Lipinski definition) is 2. The van der Waals surface area contributed by atoms with Crippen LogP contribution in [0.25, 0.3) is 0 Å². The van der Waals surface area contributed by atoms with Crippen LogP contribution in [0.4, 0.5) is 4.39 Å². The van der Waals surface area contributed by atoms with Crippen molar-refractivity contribution in [2.45, 2.75) is 18.8 Å². The standard InChI is InChI=1S/C7H8N2.CH3F/c1-4-8-7(9-5-1)6-2-3-6;1-2/h1,4-6H,2-3H2;1H3. The molecule has 0 saturated heterocycles. The zero-order chi connectivity index (χ0) is 8.10. The molecular weight excluding hydrogens is 143 g/mol. The maximum atomic E-state index is 9.50. The highest BCUT2D eigenvalue weighted by Crippen LogP contribution is 2.37. The number of rotatable bonds is 1. The van der Waals surface area contributed by atoms with Crippen LogP contribution >= 0.6 is 0 Å². The molecule has 0 N–H and O–H groups in total. The molecule has 60 valence electrons. The van der Waals surface area contributed by atoms with Gasteiger partial charge in [0, 0.05) is 18.3 Å². The molecular formula is C8H11FN2. The second-order valence-electron chi connectivity index (χ2n) is 2.38. The van der Waals surface area contributed by atoms with Gasteiger partial charge in [-0.2, -0.15) is 0 Å². The van der Waals surface area contributed by atoms with Crippen LogP contribution in [0.3, 0.4) is 0 Å². The molecule has 11 heavy (non-hydrogen) atoms. The van der Waals surface area contributed by atoms with E-state index in [2.05, 4.69) is 9.97 Å². The molecule has 0 bridgehead atoms. The monoisotopic (exact) mass is 154 g/mol. The van der Waals surface area contributed by atoms with E-state index in [9.17, 15) is 4.39 Å². The van der Waals surface area contributed by atoms with Gasteiger partial charge in [0.1, 0.15) is 5.82 Å². The molecule has 2 nitrogen and oxygen atoms in total. The van der Waals surface area contributed by atoms with Crippen LogP contribution in [0.2, 0.25) is 0 Å². The van der Waals surface area contributed by atoms with Gasteiger partial charge >= 0.3 is 0 Å². The van der Waals surface area contributed by atoms with E-state index in [0.29, 0.717) is 13.1 Å². The first-order valence-electron chi connectivity index (χ1n) is 3.61. The minimum Gasteiger partial charge on any atom is -0.255 e. The predicted octanol–water partition coefficient (Wildman–Crippen LogP) is 1.94. The number of nitrogens with zero attached hydrogens (tertiary/aromatic N) is 2. The normalized spacial score (nSPS) is 15.1. The minimum atomic E-state index is 0.500. The van der Waals surface area contributed by atoms with E-state index < -0.39 is 0 Å². The van der Waals surface area contributed by atoms with E-state index in [0.717, 1.165) is 5.82 Å². The van der Waals surface area contributed by atoms with Crippen molar-refractivity contribution in [3.63, 3.8) is 0 Å². The van der Waals surface area contributed by atoms with Gasteiger partial charge in [-0.05, 0) is 18.9 Å². The van der Waals surface area contributed by atoms with E-state index in [-0.39, 0.29) is 0 Å². The molecule has 0 aliphatic heterocycles. The van der Waals surface area contributed by atoms with Crippen molar-refractivity contribution in [2.24, 2.45) is 0 Å². The van der Waals surface area contributed by atoms with E-state index in [4.69, 9.17) is 0 Å². The van der Waals surface area contributed by atoms with Crippen molar-refractivity contribution >= 4 is 0 Å². The number of hydrogen-bond donors (Lipinski definition) is 0. The molecule has 0 spiro atoms. The van der Waals surface area contributed by atoms with Gasteiger partial charge in [0.25, 0.3) is 0 Å². The predicted molar refractivity (Wildman–Crippen MR) is 41.0 cm³/mol. The Labute approximate surface area is 65.5 Å². The van der Waals surface area contributed by atoms with E-state index in [1.165, 1.54) is 12.8 Å². The van der Waals surface area contributed by atoms with E-state index in [1.54, 1.807) is 12.4 Å². The molecule has 0 atom stereocenters. The molecule has 1 aliphatic rings. The Morgan fingerprint density at radius 1 is 1.27 bits per heavy atom. The molecule has 1 aliphatic carbocycles. The first-order chi connectivity index (χ1) is 5.47. The highest BCUT2D eigenvalue weighted by Gasteiger charge is 2.25. The van der Waals surface area contributed by atoms with E-state index in [1.807, 2.05) is 6.07 Å². The molecule has 1 saturated carbocycles. The van der Waals surface area contributed by atoms with Gasteiger partial charge < -0.3 is 0 Å². The van der Waals surface area contributed by atoms with Crippen molar-refractivity contribution < 1.29 is 4.39 Å². The summed E-state index contributed by atoms with van der Waals surface area (Å²) in [5.41, 5.74) is 0. The molecule has 0 unspecified atom stereocenters. The quantitative estimate of drug-likeness (QED) is 0.617. The van der Waals surface area contributed by atoms with Crippen molar-refractivity contribution in [1.82, 2.24) is 9.97 Å². The lowest BCUT2D eigenvalue weighted by atomic mass is 10.4. The first-order valence-corrected chi connectivity index (χ1v) is 3.61. The highest BCUT2D eigenvalue weighted by molar-refractivity contribution is 5.03. The zero-order valence-electron chi connectivity index (χ0n) is 6.50. The summed E-state index contributed by atoms with van der Waals surface area (Å²) in [7, 11) is 0.500. The summed E-state index contributed by atoms with van der Waals surface area (Å²) in [4.78, 5) is 8.26. The summed E-state index contributed by atoms with van der Waals surface area (Å²) in [6, 6.07) is 1.85. The third-order valence-electron chi connectivity index (χ3n) is 1.53. The Morgan fingerprint density at radius 3 is 2.27 bits per heavy atom. The summed E-state index contributed by atoms with van der Waals surface area (Å²) in [5.74, 6) is 1.71. The van der Waals surface area contributed by atoms with E-state index >= 15 is 0 Å². The van der Waals surface area contributed by atoms with Crippen molar-refractivity contribution in [3.05, 3.63) is 24.3 Å². The van der Waals surface area contributed by atoms with Crippen LogP contribution in [0.1, 0.15) is 24.6 Å². The fraction of sp³-hybridized carbons (Fsp3) is 0.500. The molecule has 0 amide bonds. The SMILES string of the molecule is CF.c1cnc(C2CC2)nc1. The summed E-state index contributed by atoms with van der Waals surface area (Å²) in [6.07, 6.45) is 6.18. The number of alkyl halides is 1. The summed E-state index contributed by atoms with van der Waals surface area (Å²) in [6.45, 7) is 0. The fourth-order valence-electron chi connectivity index (χ4n) is 0.863. The summed E-state index contributed by atoms with van der Waals surface area (Å²) >= 11 is 0. The maximum absolute atomic E-state index is 9.50. The van der Waals surface area contributed by atoms with Gasteiger partial charge in [-0.25, -0.2) is 9.97 Å². The van der Waals surface area contributed by atoms with Gasteiger partial charge in [0.2, 0.25) is 0 Å². The van der Waals surface area contributed by atoms with Crippen LogP contribution in [0, 0.1) is 0 Å². The van der Waals surface area contributed by atoms with Gasteiger partial charge in [0.15, 0.2) is 0 Å². The molecule has 3 heteroatoms. The second kappa shape index (κ2) is 4.01. The molecule has 0 radical (unpaired) electrons. The van der Waals surface area contributed by atoms with Crippen molar-refractivity contribution in [2.75, 3.05) is 7.18 Å². The van der Waals surface area contributed by atoms with Gasteiger partial charge in [-0.15, -0.1) is 0 Å². The molecule has 1 heterocycles. The lowest BCUT2D eigenvalue weighted by molar-refractivity contribution is 0.636. The molecule has 1 aromatic rings. The first kappa shape index (κ1) is 8.11. The summed E-state index contributed by atoms with van der Waals surface area (Å²) < 4.78 is 9.50. The average molecular weight is 154 g/mol. The van der Waals surface area contributed by atoms with Crippen LogP contribution in [-0.4, -0.2) is 17.1 Å². The second-order valence-corrected chi connectivity index (χ2v) is 2.38. The Kier molecular flexibility index (Phi) is 2.95. The lowest BCUT2D eigenvalue weighted by Crippen LogP contribution is -1.87.